The molecular weight excluding hydrogens is 265 g/mol. The van der Waals surface area contributed by atoms with E-state index in [1.807, 2.05) is 0 Å². The van der Waals surface area contributed by atoms with Crippen LogP contribution in [0.15, 0.2) is 23.1 Å². The number of nitrogens with zero attached hydrogens (tertiary/aromatic N) is 1. The molecule has 0 saturated carbocycles. The summed E-state index contributed by atoms with van der Waals surface area (Å²) in [6, 6.07) is 5.01. The monoisotopic (exact) mass is 277 g/mol. The van der Waals surface area contributed by atoms with Crippen LogP contribution in [-0.4, -0.2) is 13.7 Å². The average Bonchev–Trinajstić information content (AvgIpc) is 2.58. The zero-order valence-corrected chi connectivity index (χ0v) is 13.9. The van der Waals surface area contributed by atoms with Gasteiger partial charge in [-0.05, 0) is 29.3 Å². The van der Waals surface area contributed by atoms with Gasteiger partial charge in [-0.3, -0.25) is 4.21 Å². The van der Waals surface area contributed by atoms with Crippen LogP contribution in [0, 0.1) is 0 Å². The quantitative estimate of drug-likeness (QED) is 0.537. The van der Waals surface area contributed by atoms with E-state index in [1.165, 1.54) is 0 Å². The predicted molar refractivity (Wildman–Crippen MR) is 65.5 cm³/mol. The van der Waals surface area contributed by atoms with E-state index in [0.717, 1.165) is 15.2 Å². The molecule has 17 heavy (non-hydrogen) atoms. The van der Waals surface area contributed by atoms with Gasteiger partial charge in [0.2, 0.25) is 0 Å². The van der Waals surface area contributed by atoms with Crippen molar-refractivity contribution in [3.63, 3.8) is 0 Å². The van der Waals surface area contributed by atoms with Crippen LogP contribution in [0.25, 0.3) is 10.2 Å². The minimum atomic E-state index is -2.17. The van der Waals surface area contributed by atoms with E-state index in [-0.39, 0.29) is 35.0 Å². The largest absolute Gasteiger partial charge is 1.00 e. The van der Waals surface area contributed by atoms with E-state index in [9.17, 15) is 8.76 Å². The Bertz CT molecular complexity index is 560. The summed E-state index contributed by atoms with van der Waals surface area (Å²) < 4.78 is 22.6. The van der Waals surface area contributed by atoms with Crippen LogP contribution in [0.4, 0.5) is 0 Å². The third kappa shape index (κ3) is 3.36. The molecule has 0 aliphatic rings. The molecule has 1 heterocycles. The van der Waals surface area contributed by atoms with E-state index >= 15 is 0 Å². The fraction of sp³-hybridized carbons (Fsp3) is 0.364. The Morgan fingerprint density at radius 3 is 2.53 bits per heavy atom. The van der Waals surface area contributed by atoms with Gasteiger partial charge in [-0.1, -0.05) is 20.8 Å². The van der Waals surface area contributed by atoms with Crippen LogP contribution in [0.5, 0.6) is 0 Å². The van der Waals surface area contributed by atoms with Crippen molar-refractivity contribution in [2.75, 3.05) is 0 Å². The molecule has 3 nitrogen and oxygen atoms in total. The number of thiazole rings is 1. The number of hydrogen-bond acceptors (Lipinski definition) is 4. The van der Waals surface area contributed by atoms with Crippen LogP contribution < -0.4 is 29.6 Å². The SMILES string of the molecule is CC(C)(C)c1nc2ccc(S(=O)[O-])cc2s1.[Na+]. The van der Waals surface area contributed by atoms with Crippen molar-refractivity contribution in [3.05, 3.63) is 23.2 Å². The van der Waals surface area contributed by atoms with Crippen molar-refractivity contribution in [3.8, 4) is 0 Å². The maximum atomic E-state index is 10.8. The molecule has 0 spiro atoms. The average molecular weight is 277 g/mol. The van der Waals surface area contributed by atoms with Crippen LogP contribution in [0.3, 0.4) is 0 Å². The topological polar surface area (TPSA) is 53.0 Å². The normalized spacial score (nSPS) is 13.4. The van der Waals surface area contributed by atoms with E-state index in [4.69, 9.17) is 0 Å². The van der Waals surface area contributed by atoms with Crippen LogP contribution in [-0.2, 0) is 16.5 Å². The molecule has 0 radical (unpaired) electrons. The summed E-state index contributed by atoms with van der Waals surface area (Å²) in [4.78, 5) is 4.82. The molecule has 0 fully saturated rings. The molecule has 1 atom stereocenters. The molecule has 86 valence electrons. The molecular formula is C11H12NNaO2S2. The Hall–Kier alpha value is 0.220. The Morgan fingerprint density at radius 1 is 1.35 bits per heavy atom. The first-order valence-corrected chi connectivity index (χ1v) is 6.77. The van der Waals surface area contributed by atoms with Crippen LogP contribution >= 0.6 is 11.3 Å². The minimum Gasteiger partial charge on any atom is -0.768 e. The zero-order chi connectivity index (χ0) is 11.9. The van der Waals surface area contributed by atoms with Gasteiger partial charge in [0.1, 0.15) is 0 Å². The maximum Gasteiger partial charge on any atom is 1.00 e. The first-order chi connectivity index (χ1) is 7.38. The summed E-state index contributed by atoms with van der Waals surface area (Å²) in [7, 11) is 0. The zero-order valence-electron chi connectivity index (χ0n) is 10.3. The van der Waals surface area contributed by atoms with Crippen LogP contribution in [0.2, 0.25) is 0 Å². The van der Waals surface area contributed by atoms with E-state index in [1.54, 1.807) is 29.5 Å². The number of hydrogen-bond donors (Lipinski definition) is 0. The second-order valence-electron chi connectivity index (χ2n) is 4.63. The van der Waals surface area contributed by atoms with Gasteiger partial charge in [0.25, 0.3) is 0 Å². The molecule has 2 rings (SSSR count). The van der Waals surface area contributed by atoms with Gasteiger partial charge < -0.3 is 4.55 Å². The number of rotatable bonds is 1. The fourth-order valence-electron chi connectivity index (χ4n) is 1.33. The number of benzene rings is 1. The Balaban J connectivity index is 0.00000144. The standard InChI is InChI=1S/C11H13NO2S2.Na/c1-11(2,3)10-12-8-5-4-7(16(13)14)6-9(8)15-10;/h4-6H,1-3H3,(H,13,14);/q;+1/p-1. The maximum absolute atomic E-state index is 10.8. The Morgan fingerprint density at radius 2 is 2.00 bits per heavy atom. The summed E-state index contributed by atoms with van der Waals surface area (Å²) >= 11 is -0.617. The molecule has 1 aromatic heterocycles. The summed E-state index contributed by atoms with van der Waals surface area (Å²) in [5.41, 5.74) is 0.865. The molecule has 0 bridgehead atoms. The third-order valence-corrected chi connectivity index (χ3v) is 4.28. The fourth-order valence-corrected chi connectivity index (χ4v) is 2.86. The molecule has 2 aromatic rings. The van der Waals surface area contributed by atoms with Crippen molar-refractivity contribution >= 4 is 32.6 Å². The first-order valence-electron chi connectivity index (χ1n) is 4.88. The van der Waals surface area contributed by atoms with Crippen molar-refractivity contribution in [2.45, 2.75) is 31.1 Å². The molecule has 1 unspecified atom stereocenters. The van der Waals surface area contributed by atoms with Gasteiger partial charge in [-0.2, -0.15) is 0 Å². The molecule has 0 amide bonds. The van der Waals surface area contributed by atoms with Gasteiger partial charge in [0, 0.05) is 10.3 Å². The Kier molecular flexibility index (Phi) is 4.91. The van der Waals surface area contributed by atoms with Gasteiger partial charge >= 0.3 is 29.6 Å². The second-order valence-corrected chi connectivity index (χ2v) is 6.60. The molecule has 0 N–H and O–H groups in total. The molecule has 0 aliphatic carbocycles. The Labute approximate surface area is 129 Å². The van der Waals surface area contributed by atoms with Gasteiger partial charge in [0.15, 0.2) is 0 Å². The predicted octanol–water partition coefficient (Wildman–Crippen LogP) is -0.164. The van der Waals surface area contributed by atoms with Crippen LogP contribution in [0.1, 0.15) is 25.8 Å². The van der Waals surface area contributed by atoms with E-state index < -0.39 is 11.1 Å². The van der Waals surface area contributed by atoms with Crippen molar-refractivity contribution < 1.29 is 38.3 Å². The molecule has 0 aliphatic heterocycles. The summed E-state index contributed by atoms with van der Waals surface area (Å²) in [5, 5.41) is 1.02. The van der Waals surface area contributed by atoms with Crippen molar-refractivity contribution in [2.24, 2.45) is 0 Å². The summed E-state index contributed by atoms with van der Waals surface area (Å²) in [6.07, 6.45) is 0. The summed E-state index contributed by atoms with van der Waals surface area (Å²) in [5.74, 6) is 0. The first kappa shape index (κ1) is 15.3. The van der Waals surface area contributed by atoms with Gasteiger partial charge in [0.05, 0.1) is 15.2 Å². The number of aromatic nitrogens is 1. The third-order valence-electron chi connectivity index (χ3n) is 2.19. The smallest absolute Gasteiger partial charge is 0.768 e. The molecule has 1 aromatic carbocycles. The van der Waals surface area contributed by atoms with Crippen molar-refractivity contribution in [1.82, 2.24) is 4.98 Å². The van der Waals surface area contributed by atoms with Crippen molar-refractivity contribution in [1.29, 1.82) is 0 Å². The molecule has 6 heteroatoms. The second kappa shape index (κ2) is 5.47. The van der Waals surface area contributed by atoms with E-state index in [0.29, 0.717) is 4.90 Å². The molecule has 0 saturated heterocycles. The van der Waals surface area contributed by atoms with E-state index in [2.05, 4.69) is 25.8 Å². The van der Waals surface area contributed by atoms with Gasteiger partial charge in [-0.15, -0.1) is 11.3 Å². The summed E-state index contributed by atoms with van der Waals surface area (Å²) in [6.45, 7) is 6.28. The minimum absolute atomic E-state index is 0. The number of fused-ring (bicyclic) bond motifs is 1. The van der Waals surface area contributed by atoms with Gasteiger partial charge in [-0.25, -0.2) is 4.98 Å².